The van der Waals surface area contributed by atoms with Crippen LogP contribution in [0.2, 0.25) is 0 Å². The molecule has 2 aromatic rings. The second-order valence-electron chi connectivity index (χ2n) is 6.17. The molecule has 6 nitrogen and oxygen atoms in total. The first-order valence-electron chi connectivity index (χ1n) is 8.08. The molecule has 0 saturated carbocycles. The highest BCUT2D eigenvalue weighted by atomic mass is 19.4. The van der Waals surface area contributed by atoms with Crippen LogP contribution in [0.5, 0.6) is 11.5 Å². The molecular weight excluding hydrogens is 382 g/mol. The highest BCUT2D eigenvalue weighted by Gasteiger charge is 2.36. The van der Waals surface area contributed by atoms with Gasteiger partial charge in [0.1, 0.15) is 17.6 Å². The first kappa shape index (κ1) is 19.5. The summed E-state index contributed by atoms with van der Waals surface area (Å²) in [4.78, 5) is 24.7. The van der Waals surface area contributed by atoms with Gasteiger partial charge < -0.3 is 20.7 Å². The van der Waals surface area contributed by atoms with E-state index in [4.69, 9.17) is 10.5 Å². The molecule has 0 aliphatic carbocycles. The molecule has 10 heteroatoms. The van der Waals surface area contributed by atoms with Crippen LogP contribution in [-0.2, 0) is 17.4 Å². The Kier molecular flexibility index (Phi) is 4.88. The van der Waals surface area contributed by atoms with Crippen molar-refractivity contribution in [2.45, 2.75) is 18.6 Å². The number of urea groups is 1. The highest BCUT2D eigenvalue weighted by molar-refractivity contribution is 6.02. The summed E-state index contributed by atoms with van der Waals surface area (Å²) in [5.74, 6) is -2.19. The molecule has 148 valence electrons. The maximum absolute atomic E-state index is 13.5. The number of alkyl halides is 3. The van der Waals surface area contributed by atoms with Crippen LogP contribution in [-0.4, -0.2) is 25.0 Å². The predicted octanol–water partition coefficient (Wildman–Crippen LogP) is 3.19. The molecule has 0 spiro atoms. The van der Waals surface area contributed by atoms with Crippen LogP contribution < -0.4 is 20.7 Å². The van der Waals surface area contributed by atoms with Crippen LogP contribution in [0.3, 0.4) is 0 Å². The van der Waals surface area contributed by atoms with Gasteiger partial charge in [-0.1, -0.05) is 12.1 Å². The Hall–Kier alpha value is -3.30. The minimum absolute atomic E-state index is 0.0537. The molecule has 0 unspecified atom stereocenters. The van der Waals surface area contributed by atoms with E-state index in [1.165, 1.54) is 19.2 Å². The highest BCUT2D eigenvalue weighted by Crippen LogP contribution is 2.42. The fraction of sp³-hybridized carbons (Fsp3) is 0.222. The zero-order valence-corrected chi connectivity index (χ0v) is 14.5. The number of rotatable bonds is 3. The van der Waals surface area contributed by atoms with E-state index in [0.29, 0.717) is 23.8 Å². The van der Waals surface area contributed by atoms with Crippen molar-refractivity contribution in [2.24, 2.45) is 5.73 Å². The fourth-order valence-electron chi connectivity index (χ4n) is 3.06. The summed E-state index contributed by atoms with van der Waals surface area (Å²) in [6.45, 7) is 0. The molecule has 2 aromatic carbocycles. The summed E-state index contributed by atoms with van der Waals surface area (Å²) in [6.07, 6.45) is -4.68. The smallest absolute Gasteiger partial charge is 0.419 e. The molecule has 1 heterocycles. The predicted molar refractivity (Wildman–Crippen MR) is 91.5 cm³/mol. The van der Waals surface area contributed by atoms with Crippen molar-refractivity contribution in [3.63, 3.8) is 0 Å². The van der Waals surface area contributed by atoms with Crippen LogP contribution >= 0.6 is 0 Å². The summed E-state index contributed by atoms with van der Waals surface area (Å²) < 4.78 is 58.6. The van der Waals surface area contributed by atoms with Gasteiger partial charge in [0.25, 0.3) is 0 Å². The molecule has 3 rings (SSSR count). The molecule has 28 heavy (non-hydrogen) atoms. The van der Waals surface area contributed by atoms with Crippen LogP contribution in [0, 0.1) is 5.82 Å². The Morgan fingerprint density at radius 1 is 1.25 bits per heavy atom. The van der Waals surface area contributed by atoms with Gasteiger partial charge in [0.05, 0.1) is 11.3 Å². The number of anilines is 1. The Labute approximate surface area is 156 Å². The first-order valence-corrected chi connectivity index (χ1v) is 8.08. The van der Waals surface area contributed by atoms with E-state index in [2.05, 4.69) is 5.32 Å². The molecule has 0 saturated heterocycles. The quantitative estimate of drug-likeness (QED) is 0.781. The minimum Gasteiger partial charge on any atom is -0.454 e. The molecule has 1 aliphatic rings. The maximum Gasteiger partial charge on any atom is 0.419 e. The normalized spacial score (nSPS) is 16.5. The number of halogens is 4. The number of ether oxygens (including phenoxy) is 1. The lowest BCUT2D eigenvalue weighted by Gasteiger charge is -2.33. The van der Waals surface area contributed by atoms with E-state index < -0.39 is 41.3 Å². The maximum atomic E-state index is 13.5. The average molecular weight is 397 g/mol. The number of benzene rings is 2. The summed E-state index contributed by atoms with van der Waals surface area (Å²) in [5.41, 5.74) is 4.69. The van der Waals surface area contributed by atoms with Crippen LogP contribution in [0.15, 0.2) is 36.4 Å². The Balaban J connectivity index is 2.03. The third-order valence-electron chi connectivity index (χ3n) is 4.26. The van der Waals surface area contributed by atoms with Gasteiger partial charge in [0.2, 0.25) is 5.91 Å². The summed E-state index contributed by atoms with van der Waals surface area (Å²) in [7, 11) is 1.39. The number of amides is 3. The monoisotopic (exact) mass is 397 g/mol. The Morgan fingerprint density at radius 3 is 2.61 bits per heavy atom. The zero-order chi connectivity index (χ0) is 20.6. The number of fused-ring (bicyclic) bond motifs is 1. The van der Waals surface area contributed by atoms with Crippen LogP contribution in [0.25, 0.3) is 0 Å². The van der Waals surface area contributed by atoms with E-state index in [9.17, 15) is 27.2 Å². The van der Waals surface area contributed by atoms with Gasteiger partial charge in [-0.05, 0) is 23.8 Å². The third-order valence-corrected chi connectivity index (χ3v) is 4.26. The SMILES string of the molecule is CN1C(=O)[C@H](NC(N)=O)Cc2cccc(Oc3cc(F)ccc3C(F)(F)F)c21. The number of nitrogens with zero attached hydrogens (tertiary/aromatic N) is 1. The number of hydrogen-bond donors (Lipinski definition) is 2. The third kappa shape index (κ3) is 3.71. The lowest BCUT2D eigenvalue weighted by molar-refractivity contribution is -0.138. The van der Waals surface area contributed by atoms with Gasteiger partial charge in [-0.15, -0.1) is 0 Å². The lowest BCUT2D eigenvalue weighted by Crippen LogP contribution is -2.53. The van der Waals surface area contributed by atoms with E-state index in [0.717, 1.165) is 4.90 Å². The van der Waals surface area contributed by atoms with Gasteiger partial charge in [-0.3, -0.25) is 4.79 Å². The number of carbonyl (C=O) groups is 2. The topological polar surface area (TPSA) is 84.7 Å². The Bertz CT molecular complexity index is 946. The number of primary amides is 1. The second-order valence-corrected chi connectivity index (χ2v) is 6.17. The zero-order valence-electron chi connectivity index (χ0n) is 14.5. The largest absolute Gasteiger partial charge is 0.454 e. The Morgan fingerprint density at radius 2 is 1.96 bits per heavy atom. The summed E-state index contributed by atoms with van der Waals surface area (Å²) >= 11 is 0. The molecule has 0 bridgehead atoms. The number of nitrogens with one attached hydrogen (secondary N) is 1. The number of hydrogen-bond acceptors (Lipinski definition) is 3. The van der Waals surface area contributed by atoms with E-state index in [-0.39, 0.29) is 17.9 Å². The van der Waals surface area contributed by atoms with Gasteiger partial charge in [0.15, 0.2) is 5.75 Å². The van der Waals surface area contributed by atoms with E-state index in [1.807, 2.05) is 0 Å². The molecule has 1 aliphatic heterocycles. The molecule has 3 amide bonds. The average Bonchev–Trinajstić information content (AvgIpc) is 2.58. The van der Waals surface area contributed by atoms with Crippen molar-refractivity contribution < 1.29 is 31.9 Å². The van der Waals surface area contributed by atoms with Gasteiger partial charge in [-0.2, -0.15) is 13.2 Å². The van der Waals surface area contributed by atoms with E-state index in [1.54, 1.807) is 6.07 Å². The van der Waals surface area contributed by atoms with Crippen molar-refractivity contribution in [1.29, 1.82) is 0 Å². The second kappa shape index (κ2) is 7.02. The van der Waals surface area contributed by atoms with Gasteiger partial charge in [0, 0.05) is 19.5 Å². The van der Waals surface area contributed by atoms with Crippen molar-refractivity contribution in [2.75, 3.05) is 11.9 Å². The first-order chi connectivity index (χ1) is 13.1. The number of carbonyl (C=O) groups excluding carboxylic acids is 2. The molecule has 3 N–H and O–H groups in total. The van der Waals surface area contributed by atoms with Crippen molar-refractivity contribution >= 4 is 17.6 Å². The minimum atomic E-state index is -4.75. The van der Waals surface area contributed by atoms with Crippen molar-refractivity contribution in [1.82, 2.24) is 5.32 Å². The number of para-hydroxylation sites is 1. The van der Waals surface area contributed by atoms with Crippen molar-refractivity contribution in [3.8, 4) is 11.5 Å². The van der Waals surface area contributed by atoms with Gasteiger partial charge in [-0.25, -0.2) is 9.18 Å². The number of likely N-dealkylation sites (N-methyl/N-ethyl adjacent to an activating group) is 1. The van der Waals surface area contributed by atoms with Crippen molar-refractivity contribution in [3.05, 3.63) is 53.3 Å². The van der Waals surface area contributed by atoms with E-state index >= 15 is 0 Å². The summed E-state index contributed by atoms with van der Waals surface area (Å²) in [6, 6.07) is 4.64. The standard InChI is InChI=1S/C18H15F4N3O3/c1-25-15-9(7-12(16(25)26)24-17(23)27)3-2-4-13(15)28-14-8-10(19)5-6-11(14)18(20,21)22/h2-6,8,12H,7H2,1H3,(H3,23,24,27)/t12-/m1/s1. The molecular formula is C18H15F4N3O3. The van der Waals surface area contributed by atoms with Crippen LogP contribution in [0.1, 0.15) is 11.1 Å². The lowest BCUT2D eigenvalue weighted by atomic mass is 9.97. The van der Waals surface area contributed by atoms with Gasteiger partial charge >= 0.3 is 12.2 Å². The number of nitrogens with two attached hydrogens (primary N) is 1. The fourth-order valence-corrected chi connectivity index (χ4v) is 3.06. The molecule has 0 aromatic heterocycles. The van der Waals surface area contributed by atoms with Crippen LogP contribution in [0.4, 0.5) is 28.0 Å². The molecule has 1 atom stereocenters. The molecule has 0 radical (unpaired) electrons. The molecule has 0 fully saturated rings. The summed E-state index contributed by atoms with van der Waals surface area (Å²) in [5, 5.41) is 2.32.